The number of benzene rings is 2. The maximum atomic E-state index is 14.6. The lowest BCUT2D eigenvalue weighted by atomic mass is 9.83. The van der Waals surface area contributed by atoms with E-state index in [9.17, 15) is 27.6 Å². The molecule has 0 aromatic heterocycles. The molecule has 282 valence electrons. The molecular weight excluding hydrogens is 704 g/mol. The molecule has 2 heterocycles. The van der Waals surface area contributed by atoms with Crippen molar-refractivity contribution in [3.63, 3.8) is 0 Å². The van der Waals surface area contributed by atoms with E-state index in [4.69, 9.17) is 16.3 Å². The highest BCUT2D eigenvalue weighted by Gasteiger charge is 2.62. The van der Waals surface area contributed by atoms with Crippen molar-refractivity contribution in [1.82, 2.24) is 19.8 Å². The predicted molar refractivity (Wildman–Crippen MR) is 198 cm³/mol. The Morgan fingerprint density at radius 3 is 2.38 bits per heavy atom. The largest absolute Gasteiger partial charge is 0.444 e. The minimum atomic E-state index is -3.84. The van der Waals surface area contributed by atoms with E-state index in [1.165, 1.54) is 4.90 Å². The third-order valence-corrected chi connectivity index (χ3v) is 13.4. The van der Waals surface area contributed by atoms with Crippen molar-refractivity contribution < 1.29 is 32.3 Å². The molecule has 11 nitrogen and oxygen atoms in total. The van der Waals surface area contributed by atoms with Gasteiger partial charge in [-0.25, -0.2) is 13.2 Å². The van der Waals surface area contributed by atoms with Gasteiger partial charge in [0.1, 0.15) is 17.7 Å². The van der Waals surface area contributed by atoms with Crippen LogP contribution >= 0.6 is 11.6 Å². The van der Waals surface area contributed by atoms with Gasteiger partial charge in [-0.3, -0.25) is 24.0 Å². The number of hydrogen-bond acceptors (Lipinski definition) is 7. The van der Waals surface area contributed by atoms with E-state index in [-0.39, 0.29) is 49.1 Å². The fraction of sp³-hybridized carbons (Fsp3) is 0.590. The Balaban J connectivity index is 1.24. The van der Waals surface area contributed by atoms with Crippen molar-refractivity contribution in [2.24, 2.45) is 17.8 Å². The van der Waals surface area contributed by atoms with Gasteiger partial charge in [0.05, 0.1) is 18.3 Å². The molecule has 4 aliphatic rings. The van der Waals surface area contributed by atoms with Crippen LogP contribution in [0.25, 0.3) is 0 Å². The lowest BCUT2D eigenvalue weighted by Crippen LogP contribution is -2.57. The van der Waals surface area contributed by atoms with E-state index < -0.39 is 56.8 Å². The third-order valence-electron chi connectivity index (χ3n) is 11.2. The smallest absolute Gasteiger partial charge is 0.410 e. The van der Waals surface area contributed by atoms with Gasteiger partial charge in [0.25, 0.3) is 5.91 Å². The van der Waals surface area contributed by atoms with Crippen molar-refractivity contribution in [1.29, 1.82) is 0 Å². The molecule has 5 atom stereocenters. The predicted octanol–water partition coefficient (Wildman–Crippen LogP) is 5.47. The van der Waals surface area contributed by atoms with E-state index in [0.717, 1.165) is 22.3 Å². The first-order valence-corrected chi connectivity index (χ1v) is 20.4. The molecule has 2 aromatic carbocycles. The molecule has 3 fully saturated rings. The first-order valence-electron chi connectivity index (χ1n) is 18.4. The number of amides is 4. The molecule has 0 bridgehead atoms. The Morgan fingerprint density at radius 2 is 1.77 bits per heavy atom. The number of sulfonamides is 1. The molecule has 2 saturated carbocycles. The van der Waals surface area contributed by atoms with Gasteiger partial charge in [0.2, 0.25) is 21.8 Å². The number of hydrogen-bond donors (Lipinski definition) is 2. The van der Waals surface area contributed by atoms with Crippen LogP contribution in [0.3, 0.4) is 0 Å². The normalized spacial score (nSPS) is 24.7. The second-order valence-corrected chi connectivity index (χ2v) is 18.8. The summed E-state index contributed by atoms with van der Waals surface area (Å²) in [6.07, 6.45) is 0.950. The third kappa shape index (κ3) is 7.83. The molecule has 4 amide bonds. The van der Waals surface area contributed by atoms with E-state index in [0.29, 0.717) is 37.3 Å². The van der Waals surface area contributed by atoms with Gasteiger partial charge < -0.3 is 15.0 Å². The molecular formula is C39H51ClN4O7S. The summed E-state index contributed by atoms with van der Waals surface area (Å²) in [5.41, 5.74) is 2.47. The fourth-order valence-corrected chi connectivity index (χ4v) is 9.26. The van der Waals surface area contributed by atoms with Gasteiger partial charge >= 0.3 is 6.09 Å². The van der Waals surface area contributed by atoms with Crippen LogP contribution in [0.15, 0.2) is 42.5 Å². The van der Waals surface area contributed by atoms with E-state index in [1.807, 2.05) is 45.0 Å². The minimum absolute atomic E-state index is 0.00190. The molecule has 13 heteroatoms. The summed E-state index contributed by atoms with van der Waals surface area (Å²) >= 11 is 6.39. The molecule has 6 rings (SSSR count). The molecule has 2 aromatic rings. The highest BCUT2D eigenvalue weighted by Crippen LogP contribution is 2.47. The van der Waals surface area contributed by atoms with Crippen LogP contribution in [0.4, 0.5) is 4.79 Å². The summed E-state index contributed by atoms with van der Waals surface area (Å²) in [6.45, 7) is 12.9. The second-order valence-electron chi connectivity index (χ2n) is 16.4. The number of nitrogens with one attached hydrogen (secondary N) is 2. The Bertz CT molecular complexity index is 1860. The lowest BCUT2D eigenvalue weighted by Gasteiger charge is -2.31. The number of carbonyl (C=O) groups excluding carboxylic acids is 4. The Morgan fingerprint density at radius 1 is 1.06 bits per heavy atom. The van der Waals surface area contributed by atoms with Gasteiger partial charge in [-0.1, -0.05) is 96.0 Å². The number of nitrogens with zero attached hydrogens (tertiary/aromatic N) is 2. The number of rotatable bonds is 11. The van der Waals surface area contributed by atoms with Crippen LogP contribution in [0.5, 0.6) is 0 Å². The summed E-state index contributed by atoms with van der Waals surface area (Å²) in [5, 5.41) is 2.86. The number of carbonyl (C=O) groups is 4. The Hall–Kier alpha value is -3.64. The molecule has 2 N–H and O–H groups in total. The standard InChI is InChI=1S/C39H51ClN4O7S/c1-7-26-19-39(26,36(47)42-52(49,50)29-14-15-29)41-34(45)33-18-28(51-37(48)43-20-25-11-9-13-32(40)31(25)22-43)21-44(33)35(46)30(23(2)3)17-24-10-8-12-27(16-24)38(4,5)6/h8-13,16,23,26,28-30,33H,7,14-15,17-22H2,1-6H3,(H,41,45)(H,42,47)/t26-,28-,30+,33+,39-/m1/s1. The molecule has 0 unspecified atom stereocenters. The first kappa shape index (κ1) is 38.1. The zero-order chi connectivity index (χ0) is 37.7. The van der Waals surface area contributed by atoms with Gasteiger partial charge in [0.15, 0.2) is 0 Å². The van der Waals surface area contributed by atoms with E-state index in [2.05, 4.69) is 42.9 Å². The average molecular weight is 755 g/mol. The SMILES string of the molecule is CC[C@@H]1C[C@]1(NC(=O)[C@@H]1C[C@@H](OC(=O)N2Cc3cccc(Cl)c3C2)CN1C(=O)[C@@H](Cc1cccc(C(C)(C)C)c1)C(C)C)C(=O)NS(=O)(=O)C1CC1. The summed E-state index contributed by atoms with van der Waals surface area (Å²) < 4.78 is 33.6. The number of halogens is 1. The van der Waals surface area contributed by atoms with Crippen LogP contribution in [-0.2, 0) is 54.1 Å². The summed E-state index contributed by atoms with van der Waals surface area (Å²) in [5.74, 6) is -2.38. The first-order chi connectivity index (χ1) is 24.4. The van der Waals surface area contributed by atoms with Crippen LogP contribution in [-0.4, -0.2) is 71.5 Å². The number of fused-ring (bicyclic) bond motifs is 1. The van der Waals surface area contributed by atoms with Crippen molar-refractivity contribution in [3.8, 4) is 0 Å². The Kier molecular flexibility index (Phi) is 10.5. The van der Waals surface area contributed by atoms with Crippen LogP contribution in [0.1, 0.15) is 95.9 Å². The molecule has 1 saturated heterocycles. The maximum Gasteiger partial charge on any atom is 0.410 e. The topological polar surface area (TPSA) is 142 Å². The zero-order valence-corrected chi connectivity index (χ0v) is 32.5. The average Bonchev–Trinajstić information content (AvgIpc) is 3.97. The van der Waals surface area contributed by atoms with Crippen LogP contribution in [0, 0.1) is 17.8 Å². The van der Waals surface area contributed by atoms with Crippen LogP contribution < -0.4 is 10.0 Å². The number of likely N-dealkylation sites (tertiary alicyclic amines) is 1. The summed E-state index contributed by atoms with van der Waals surface area (Å²) in [4.78, 5) is 58.9. The van der Waals surface area contributed by atoms with Crippen molar-refractivity contribution in [2.45, 2.75) is 122 Å². The lowest BCUT2D eigenvalue weighted by molar-refractivity contribution is -0.143. The quantitative estimate of drug-likeness (QED) is 0.310. The maximum absolute atomic E-state index is 14.6. The van der Waals surface area contributed by atoms with Gasteiger partial charge in [-0.05, 0) is 71.3 Å². The van der Waals surface area contributed by atoms with Crippen molar-refractivity contribution >= 4 is 45.4 Å². The summed E-state index contributed by atoms with van der Waals surface area (Å²) in [7, 11) is -3.84. The van der Waals surface area contributed by atoms with Gasteiger partial charge in [-0.2, -0.15) is 0 Å². The zero-order valence-electron chi connectivity index (χ0n) is 30.9. The fourth-order valence-electron chi connectivity index (χ4n) is 7.64. The molecule has 0 radical (unpaired) electrons. The molecule has 2 aliphatic carbocycles. The Labute approximate surface area is 312 Å². The monoisotopic (exact) mass is 754 g/mol. The van der Waals surface area contributed by atoms with Gasteiger partial charge in [0, 0.05) is 23.9 Å². The summed E-state index contributed by atoms with van der Waals surface area (Å²) in [6, 6.07) is 12.7. The van der Waals surface area contributed by atoms with Crippen molar-refractivity contribution in [2.75, 3.05) is 6.54 Å². The molecule has 2 aliphatic heterocycles. The van der Waals surface area contributed by atoms with Gasteiger partial charge in [-0.15, -0.1) is 0 Å². The van der Waals surface area contributed by atoms with E-state index >= 15 is 0 Å². The van der Waals surface area contributed by atoms with Crippen LogP contribution in [0.2, 0.25) is 5.02 Å². The minimum Gasteiger partial charge on any atom is -0.444 e. The molecule has 0 spiro atoms. The highest BCUT2D eigenvalue weighted by atomic mass is 35.5. The second kappa shape index (κ2) is 14.3. The number of ether oxygens (including phenoxy) is 1. The van der Waals surface area contributed by atoms with E-state index in [1.54, 1.807) is 11.0 Å². The molecule has 52 heavy (non-hydrogen) atoms. The highest BCUT2D eigenvalue weighted by molar-refractivity contribution is 7.91. The van der Waals surface area contributed by atoms with Crippen molar-refractivity contribution in [3.05, 3.63) is 69.7 Å².